The van der Waals surface area contributed by atoms with E-state index in [1.54, 1.807) is 13.8 Å². The molecule has 0 aliphatic heterocycles. The van der Waals surface area contributed by atoms with Crippen LogP contribution in [0.4, 0.5) is 0 Å². The van der Waals surface area contributed by atoms with Gasteiger partial charge in [-0.25, -0.2) is 0 Å². The van der Waals surface area contributed by atoms with E-state index in [9.17, 15) is 9.90 Å². The third-order valence-electron chi connectivity index (χ3n) is 2.17. The number of carbonyl (C=O) groups is 1. The van der Waals surface area contributed by atoms with E-state index < -0.39 is 5.60 Å². The summed E-state index contributed by atoms with van der Waals surface area (Å²) < 4.78 is 0. The predicted molar refractivity (Wildman–Crippen MR) is 63.0 cm³/mol. The van der Waals surface area contributed by atoms with Gasteiger partial charge in [0.05, 0.1) is 5.60 Å². The molecule has 0 aliphatic rings. The second kappa shape index (κ2) is 6.33. The number of aliphatic hydroxyl groups is 1. The minimum atomic E-state index is -0.837. The van der Waals surface area contributed by atoms with E-state index in [-0.39, 0.29) is 18.4 Å². The Bertz CT molecular complexity index is 205. The average Bonchev–Trinajstić information content (AvgIpc) is 2.11. The molecule has 1 amide bonds. The van der Waals surface area contributed by atoms with Gasteiger partial charge < -0.3 is 10.4 Å². The highest BCUT2D eigenvalue weighted by molar-refractivity contribution is 6.19. The number of hydrogen-bond acceptors (Lipinski definition) is 2. The second-order valence-corrected chi connectivity index (χ2v) is 5.18. The lowest BCUT2D eigenvalue weighted by molar-refractivity contribution is -0.125. The summed E-state index contributed by atoms with van der Waals surface area (Å²) in [5.41, 5.74) is -0.837. The lowest BCUT2D eigenvalue weighted by Gasteiger charge is -2.26. The molecule has 90 valence electrons. The van der Waals surface area contributed by atoms with E-state index in [0.717, 1.165) is 0 Å². The van der Waals surface area contributed by atoms with Gasteiger partial charge in [0.1, 0.15) is 0 Å². The molecule has 0 spiro atoms. The molecule has 0 aliphatic carbocycles. The van der Waals surface area contributed by atoms with Gasteiger partial charge in [-0.05, 0) is 19.3 Å². The molecule has 0 bridgehead atoms. The first-order valence-electron chi connectivity index (χ1n) is 5.34. The van der Waals surface area contributed by atoms with Crippen LogP contribution in [0.5, 0.6) is 0 Å². The zero-order chi connectivity index (χ0) is 12.1. The van der Waals surface area contributed by atoms with Gasteiger partial charge in [-0.2, -0.15) is 0 Å². The molecule has 0 aromatic heterocycles. The van der Waals surface area contributed by atoms with Crippen LogP contribution in [0, 0.1) is 11.8 Å². The number of carbonyl (C=O) groups excluding carboxylic acids is 1. The van der Waals surface area contributed by atoms with E-state index in [1.165, 1.54) is 0 Å². The average molecular weight is 236 g/mol. The summed E-state index contributed by atoms with van der Waals surface area (Å²) in [7, 11) is 0. The van der Waals surface area contributed by atoms with Crippen LogP contribution in [0.25, 0.3) is 0 Å². The van der Waals surface area contributed by atoms with Gasteiger partial charge in [0, 0.05) is 18.3 Å². The van der Waals surface area contributed by atoms with Gasteiger partial charge in [-0.15, -0.1) is 11.6 Å². The molecule has 3 nitrogen and oxygen atoms in total. The van der Waals surface area contributed by atoms with Crippen LogP contribution in [0.3, 0.4) is 0 Å². The fourth-order valence-corrected chi connectivity index (χ4v) is 1.61. The van der Waals surface area contributed by atoms with Gasteiger partial charge in [0.15, 0.2) is 0 Å². The largest absolute Gasteiger partial charge is 0.388 e. The van der Waals surface area contributed by atoms with Crippen molar-refractivity contribution in [3.8, 4) is 0 Å². The summed E-state index contributed by atoms with van der Waals surface area (Å²) in [5, 5.41) is 12.6. The maximum atomic E-state index is 11.4. The smallest absolute Gasteiger partial charge is 0.224 e. The van der Waals surface area contributed by atoms with Crippen LogP contribution >= 0.6 is 11.6 Å². The summed E-state index contributed by atoms with van der Waals surface area (Å²) in [4.78, 5) is 11.4. The van der Waals surface area contributed by atoms with Crippen molar-refractivity contribution in [3.05, 3.63) is 0 Å². The van der Waals surface area contributed by atoms with Gasteiger partial charge >= 0.3 is 0 Å². The van der Waals surface area contributed by atoms with Crippen LogP contribution in [-0.4, -0.2) is 29.0 Å². The maximum Gasteiger partial charge on any atom is 0.224 e. The molecule has 0 rings (SSSR count). The van der Waals surface area contributed by atoms with Crippen LogP contribution in [0.2, 0.25) is 0 Å². The SMILES string of the molecule is CC(C)CC(C)(O)CNC(=O)C(C)CCl. The van der Waals surface area contributed by atoms with E-state index in [0.29, 0.717) is 18.2 Å². The van der Waals surface area contributed by atoms with Crippen LogP contribution < -0.4 is 5.32 Å². The van der Waals surface area contributed by atoms with Crippen molar-refractivity contribution in [2.45, 2.75) is 39.7 Å². The Morgan fingerprint density at radius 2 is 2.00 bits per heavy atom. The fraction of sp³-hybridized carbons (Fsp3) is 0.909. The standard InChI is InChI=1S/C11H22ClNO2/c1-8(2)5-11(4,15)7-13-10(14)9(3)6-12/h8-9,15H,5-7H2,1-4H3,(H,13,14). The molecule has 2 N–H and O–H groups in total. The van der Waals surface area contributed by atoms with Crippen LogP contribution in [0.1, 0.15) is 34.1 Å². The van der Waals surface area contributed by atoms with Crippen molar-refractivity contribution in [1.29, 1.82) is 0 Å². The van der Waals surface area contributed by atoms with Crippen molar-refractivity contribution >= 4 is 17.5 Å². The summed E-state index contributed by atoms with van der Waals surface area (Å²) >= 11 is 5.56. The lowest BCUT2D eigenvalue weighted by atomic mass is 9.94. The van der Waals surface area contributed by atoms with E-state index in [2.05, 4.69) is 5.32 Å². The monoisotopic (exact) mass is 235 g/mol. The lowest BCUT2D eigenvalue weighted by Crippen LogP contribution is -2.43. The van der Waals surface area contributed by atoms with E-state index in [1.807, 2.05) is 13.8 Å². The molecular formula is C11H22ClNO2. The second-order valence-electron chi connectivity index (χ2n) is 4.87. The third-order valence-corrected chi connectivity index (χ3v) is 2.63. The molecule has 0 heterocycles. The van der Waals surface area contributed by atoms with Crippen LogP contribution in [-0.2, 0) is 4.79 Å². The Hall–Kier alpha value is -0.280. The molecule has 0 saturated heterocycles. The highest BCUT2D eigenvalue weighted by atomic mass is 35.5. The maximum absolute atomic E-state index is 11.4. The number of halogens is 1. The summed E-state index contributed by atoms with van der Waals surface area (Å²) in [6.07, 6.45) is 0.669. The molecule has 15 heavy (non-hydrogen) atoms. The zero-order valence-corrected chi connectivity index (χ0v) is 10.8. The van der Waals surface area contributed by atoms with Crippen LogP contribution in [0.15, 0.2) is 0 Å². The summed E-state index contributed by atoms with van der Waals surface area (Å²) in [5.74, 6) is 0.399. The summed E-state index contributed by atoms with van der Waals surface area (Å²) in [6.45, 7) is 7.86. The van der Waals surface area contributed by atoms with Crippen molar-refractivity contribution in [2.24, 2.45) is 11.8 Å². The molecule has 0 aromatic rings. The Balaban J connectivity index is 3.98. The molecule has 2 atom stereocenters. The first kappa shape index (κ1) is 14.7. The quantitative estimate of drug-likeness (QED) is 0.690. The minimum Gasteiger partial charge on any atom is -0.388 e. The topological polar surface area (TPSA) is 49.3 Å². The molecule has 0 fully saturated rings. The van der Waals surface area contributed by atoms with Crippen molar-refractivity contribution in [2.75, 3.05) is 12.4 Å². The number of alkyl halides is 1. The molecule has 0 saturated carbocycles. The predicted octanol–water partition coefficient (Wildman–Crippen LogP) is 1.77. The molecule has 2 unspecified atom stereocenters. The third kappa shape index (κ3) is 6.74. The highest BCUT2D eigenvalue weighted by Gasteiger charge is 2.23. The molecule has 0 radical (unpaired) electrons. The number of rotatable bonds is 6. The Morgan fingerprint density at radius 1 is 1.47 bits per heavy atom. The first-order chi connectivity index (χ1) is 6.78. The van der Waals surface area contributed by atoms with Crippen molar-refractivity contribution in [3.63, 3.8) is 0 Å². The molecule has 0 aromatic carbocycles. The minimum absolute atomic E-state index is 0.103. The van der Waals surface area contributed by atoms with Gasteiger partial charge in [-0.3, -0.25) is 4.79 Å². The number of nitrogens with one attached hydrogen (secondary N) is 1. The Morgan fingerprint density at radius 3 is 2.40 bits per heavy atom. The Labute approximate surface area is 97.2 Å². The number of hydrogen-bond donors (Lipinski definition) is 2. The summed E-state index contributed by atoms with van der Waals surface area (Å²) in [6, 6.07) is 0. The van der Waals surface area contributed by atoms with E-state index in [4.69, 9.17) is 11.6 Å². The fourth-order valence-electron chi connectivity index (χ4n) is 1.47. The van der Waals surface area contributed by atoms with E-state index >= 15 is 0 Å². The van der Waals surface area contributed by atoms with Gasteiger partial charge in [0.25, 0.3) is 0 Å². The normalized spacial score (nSPS) is 17.3. The molecular weight excluding hydrogens is 214 g/mol. The zero-order valence-electron chi connectivity index (χ0n) is 10.0. The van der Waals surface area contributed by atoms with Crippen molar-refractivity contribution in [1.82, 2.24) is 5.32 Å². The van der Waals surface area contributed by atoms with Crippen molar-refractivity contribution < 1.29 is 9.90 Å². The number of amides is 1. The van der Waals surface area contributed by atoms with Gasteiger partial charge in [0.2, 0.25) is 5.91 Å². The Kier molecular flexibility index (Phi) is 6.22. The first-order valence-corrected chi connectivity index (χ1v) is 5.88. The highest BCUT2D eigenvalue weighted by Crippen LogP contribution is 2.15. The van der Waals surface area contributed by atoms with Gasteiger partial charge in [-0.1, -0.05) is 20.8 Å². The molecule has 4 heteroatoms.